The molecule has 3 heteroatoms. The highest BCUT2D eigenvalue weighted by atomic mass is 19.1. The van der Waals surface area contributed by atoms with Crippen molar-refractivity contribution in [3.05, 3.63) is 35.6 Å². The number of rotatable bonds is 4. The molecule has 1 unspecified atom stereocenters. The van der Waals surface area contributed by atoms with Gasteiger partial charge < -0.3 is 9.84 Å². The number of hydrogen-bond acceptors (Lipinski definition) is 2. The van der Waals surface area contributed by atoms with Crippen LogP contribution in [0.2, 0.25) is 0 Å². The van der Waals surface area contributed by atoms with E-state index in [9.17, 15) is 9.50 Å². The van der Waals surface area contributed by atoms with Gasteiger partial charge in [-0.3, -0.25) is 0 Å². The summed E-state index contributed by atoms with van der Waals surface area (Å²) in [6.45, 7) is 3.43. The number of hydrogen-bond donors (Lipinski definition) is 1. The molecule has 1 aliphatic heterocycles. The van der Waals surface area contributed by atoms with Crippen LogP contribution in [-0.4, -0.2) is 23.9 Å². The van der Waals surface area contributed by atoms with Gasteiger partial charge in [-0.25, -0.2) is 4.39 Å². The Morgan fingerprint density at radius 3 is 2.78 bits per heavy atom. The van der Waals surface area contributed by atoms with Crippen LogP contribution in [0.25, 0.3) is 0 Å². The van der Waals surface area contributed by atoms with Crippen molar-refractivity contribution >= 4 is 0 Å². The standard InChI is InChI=1S/C15H21FO2/c1-15(17,10-12-5-7-18-8-6-12)11-13-3-2-4-14(16)9-13/h2-4,9,12,17H,5-8,10-11H2,1H3. The lowest BCUT2D eigenvalue weighted by Crippen LogP contribution is -2.32. The van der Waals surface area contributed by atoms with Gasteiger partial charge in [-0.05, 0) is 49.8 Å². The zero-order chi connectivity index (χ0) is 13.0. The average molecular weight is 252 g/mol. The number of halogens is 1. The van der Waals surface area contributed by atoms with E-state index in [1.807, 2.05) is 13.0 Å². The minimum atomic E-state index is -0.768. The first-order valence-corrected chi connectivity index (χ1v) is 6.60. The summed E-state index contributed by atoms with van der Waals surface area (Å²) in [5.41, 5.74) is 0.0857. The Labute approximate surface area is 108 Å². The zero-order valence-corrected chi connectivity index (χ0v) is 10.9. The third-order valence-electron chi connectivity index (χ3n) is 3.54. The van der Waals surface area contributed by atoms with Crippen molar-refractivity contribution in [2.24, 2.45) is 5.92 Å². The molecule has 1 atom stereocenters. The van der Waals surface area contributed by atoms with E-state index in [2.05, 4.69) is 0 Å². The number of aliphatic hydroxyl groups is 1. The summed E-state index contributed by atoms with van der Waals surface area (Å²) < 4.78 is 18.4. The van der Waals surface area contributed by atoms with E-state index in [0.29, 0.717) is 12.3 Å². The molecule has 1 aliphatic rings. The Kier molecular flexibility index (Phi) is 4.36. The van der Waals surface area contributed by atoms with E-state index >= 15 is 0 Å². The summed E-state index contributed by atoms with van der Waals surface area (Å²) in [5, 5.41) is 10.4. The first-order valence-electron chi connectivity index (χ1n) is 6.60. The van der Waals surface area contributed by atoms with E-state index < -0.39 is 5.60 Å². The second-order valence-corrected chi connectivity index (χ2v) is 5.56. The van der Waals surface area contributed by atoms with E-state index in [1.165, 1.54) is 12.1 Å². The largest absolute Gasteiger partial charge is 0.390 e. The molecule has 100 valence electrons. The smallest absolute Gasteiger partial charge is 0.123 e. The van der Waals surface area contributed by atoms with Crippen LogP contribution in [0, 0.1) is 11.7 Å². The molecule has 2 rings (SSSR count). The molecule has 1 aromatic rings. The van der Waals surface area contributed by atoms with E-state index in [0.717, 1.165) is 38.0 Å². The monoisotopic (exact) mass is 252 g/mol. The Morgan fingerprint density at radius 1 is 1.39 bits per heavy atom. The fourth-order valence-electron chi connectivity index (χ4n) is 2.73. The molecule has 1 fully saturated rings. The summed E-state index contributed by atoms with van der Waals surface area (Å²) in [6.07, 6.45) is 3.29. The van der Waals surface area contributed by atoms with Crippen molar-refractivity contribution in [3.63, 3.8) is 0 Å². The van der Waals surface area contributed by atoms with Crippen LogP contribution < -0.4 is 0 Å². The van der Waals surface area contributed by atoms with Crippen LogP contribution >= 0.6 is 0 Å². The average Bonchev–Trinajstić information content (AvgIpc) is 2.28. The second-order valence-electron chi connectivity index (χ2n) is 5.56. The molecule has 1 aromatic carbocycles. The molecule has 0 bridgehead atoms. The van der Waals surface area contributed by atoms with Gasteiger partial charge in [0.15, 0.2) is 0 Å². The number of ether oxygens (including phenoxy) is 1. The summed E-state index contributed by atoms with van der Waals surface area (Å²) in [7, 11) is 0. The topological polar surface area (TPSA) is 29.5 Å². The van der Waals surface area contributed by atoms with Crippen LogP contribution in [0.4, 0.5) is 4.39 Å². The summed E-state index contributed by atoms with van der Waals surface area (Å²) in [4.78, 5) is 0. The Balaban J connectivity index is 1.93. The van der Waals surface area contributed by atoms with Crippen LogP contribution in [0.5, 0.6) is 0 Å². The molecular weight excluding hydrogens is 231 g/mol. The predicted molar refractivity (Wildman–Crippen MR) is 68.9 cm³/mol. The molecule has 1 heterocycles. The van der Waals surface area contributed by atoms with E-state index in [4.69, 9.17) is 4.74 Å². The van der Waals surface area contributed by atoms with Gasteiger partial charge in [0, 0.05) is 19.6 Å². The lowest BCUT2D eigenvalue weighted by molar-refractivity contribution is 0.000340. The Morgan fingerprint density at radius 2 is 2.11 bits per heavy atom. The fraction of sp³-hybridized carbons (Fsp3) is 0.600. The lowest BCUT2D eigenvalue weighted by Gasteiger charge is -2.31. The summed E-state index contributed by atoms with van der Waals surface area (Å²) in [6, 6.07) is 6.48. The molecule has 0 aromatic heterocycles. The Bertz CT molecular complexity index is 384. The first kappa shape index (κ1) is 13.5. The van der Waals surface area contributed by atoms with Gasteiger partial charge in [0.05, 0.1) is 5.60 Å². The highest BCUT2D eigenvalue weighted by Crippen LogP contribution is 2.27. The highest BCUT2D eigenvalue weighted by Gasteiger charge is 2.27. The molecule has 0 amide bonds. The first-order chi connectivity index (χ1) is 8.55. The zero-order valence-electron chi connectivity index (χ0n) is 10.9. The molecule has 0 saturated carbocycles. The Hall–Kier alpha value is -0.930. The normalized spacial score (nSPS) is 20.6. The molecule has 0 aliphatic carbocycles. The second kappa shape index (κ2) is 5.81. The third-order valence-corrected chi connectivity index (χ3v) is 3.54. The van der Waals surface area contributed by atoms with E-state index in [1.54, 1.807) is 6.07 Å². The van der Waals surface area contributed by atoms with Crippen LogP contribution in [0.3, 0.4) is 0 Å². The van der Waals surface area contributed by atoms with Crippen LogP contribution in [0.1, 0.15) is 31.7 Å². The SMILES string of the molecule is CC(O)(Cc1cccc(F)c1)CC1CCOCC1. The van der Waals surface area contributed by atoms with Gasteiger partial charge in [-0.1, -0.05) is 12.1 Å². The maximum Gasteiger partial charge on any atom is 0.123 e. The van der Waals surface area contributed by atoms with Crippen molar-refractivity contribution in [1.29, 1.82) is 0 Å². The molecule has 1 N–H and O–H groups in total. The van der Waals surface area contributed by atoms with Gasteiger partial charge in [0.1, 0.15) is 5.82 Å². The van der Waals surface area contributed by atoms with Crippen molar-refractivity contribution in [2.75, 3.05) is 13.2 Å². The van der Waals surface area contributed by atoms with Gasteiger partial charge >= 0.3 is 0 Å². The summed E-state index contributed by atoms with van der Waals surface area (Å²) >= 11 is 0. The molecular formula is C15H21FO2. The summed E-state index contributed by atoms with van der Waals surface area (Å²) in [5.74, 6) is 0.275. The van der Waals surface area contributed by atoms with Gasteiger partial charge in [0.2, 0.25) is 0 Å². The fourth-order valence-corrected chi connectivity index (χ4v) is 2.73. The highest BCUT2D eigenvalue weighted by molar-refractivity contribution is 5.18. The van der Waals surface area contributed by atoms with Crippen molar-refractivity contribution in [2.45, 2.75) is 38.2 Å². The predicted octanol–water partition coefficient (Wildman–Crippen LogP) is 2.94. The van der Waals surface area contributed by atoms with Gasteiger partial charge in [-0.15, -0.1) is 0 Å². The molecule has 0 radical (unpaired) electrons. The quantitative estimate of drug-likeness (QED) is 0.892. The van der Waals surface area contributed by atoms with Crippen LogP contribution in [-0.2, 0) is 11.2 Å². The maximum absolute atomic E-state index is 13.1. The van der Waals surface area contributed by atoms with Crippen molar-refractivity contribution in [3.8, 4) is 0 Å². The van der Waals surface area contributed by atoms with Gasteiger partial charge in [-0.2, -0.15) is 0 Å². The molecule has 2 nitrogen and oxygen atoms in total. The van der Waals surface area contributed by atoms with Crippen molar-refractivity contribution < 1.29 is 14.2 Å². The number of benzene rings is 1. The maximum atomic E-state index is 13.1. The van der Waals surface area contributed by atoms with Crippen LogP contribution in [0.15, 0.2) is 24.3 Å². The van der Waals surface area contributed by atoms with Gasteiger partial charge in [0.25, 0.3) is 0 Å². The molecule has 0 spiro atoms. The molecule has 18 heavy (non-hydrogen) atoms. The minimum absolute atomic E-state index is 0.241. The van der Waals surface area contributed by atoms with E-state index in [-0.39, 0.29) is 5.82 Å². The lowest BCUT2D eigenvalue weighted by atomic mass is 9.83. The minimum Gasteiger partial charge on any atom is -0.390 e. The molecule has 1 saturated heterocycles. The third kappa shape index (κ3) is 4.07. The van der Waals surface area contributed by atoms with Crippen molar-refractivity contribution in [1.82, 2.24) is 0 Å².